The Morgan fingerprint density at radius 2 is 1.78 bits per heavy atom. The van der Waals surface area contributed by atoms with E-state index in [9.17, 15) is 9.59 Å². The molecule has 1 aliphatic carbocycles. The van der Waals surface area contributed by atoms with Crippen LogP contribution in [0.5, 0.6) is 0 Å². The molecular formula is C21H30N4O2. The summed E-state index contributed by atoms with van der Waals surface area (Å²) in [6, 6.07) is 8.17. The summed E-state index contributed by atoms with van der Waals surface area (Å²) in [5, 5.41) is 3.05. The quantitative estimate of drug-likeness (QED) is 0.763. The number of carbonyl (C=O) groups excluding carboxylic acids is 2. The van der Waals surface area contributed by atoms with Gasteiger partial charge in [-0.3, -0.25) is 15.0 Å². The normalized spacial score (nSPS) is 28.6. The lowest BCUT2D eigenvalue weighted by atomic mass is 9.81. The van der Waals surface area contributed by atoms with Crippen LogP contribution in [0.2, 0.25) is 0 Å². The molecule has 3 aliphatic rings. The number of carbonyl (C=O) groups is 2. The minimum Gasteiger partial charge on any atom is -0.341 e. The van der Waals surface area contributed by atoms with Crippen LogP contribution in [0.25, 0.3) is 0 Å². The van der Waals surface area contributed by atoms with Gasteiger partial charge in [-0.25, -0.2) is 5.43 Å². The number of hydrogen-bond acceptors (Lipinski definition) is 4. The van der Waals surface area contributed by atoms with Crippen LogP contribution < -0.4 is 16.2 Å². The van der Waals surface area contributed by atoms with Gasteiger partial charge in [0.05, 0.1) is 0 Å². The van der Waals surface area contributed by atoms with Crippen molar-refractivity contribution in [3.63, 3.8) is 0 Å². The molecule has 1 aromatic carbocycles. The summed E-state index contributed by atoms with van der Waals surface area (Å²) in [6.45, 7) is 3.33. The molecule has 1 aromatic rings. The van der Waals surface area contributed by atoms with Gasteiger partial charge in [-0.05, 0) is 44.2 Å². The Bertz CT molecular complexity index is 699. The highest BCUT2D eigenvalue weighted by Crippen LogP contribution is 2.31. The summed E-state index contributed by atoms with van der Waals surface area (Å²) in [7, 11) is 0. The number of piperidine rings is 1. The highest BCUT2D eigenvalue weighted by atomic mass is 16.2. The molecule has 3 N–H and O–H groups in total. The number of hydrazine groups is 1. The molecule has 3 atom stereocenters. The number of nitrogens with zero attached hydrogens (tertiary/aromatic N) is 1. The van der Waals surface area contributed by atoms with Crippen LogP contribution in [0.4, 0.5) is 5.69 Å². The van der Waals surface area contributed by atoms with Crippen LogP contribution in [0.1, 0.15) is 44.1 Å². The van der Waals surface area contributed by atoms with E-state index in [1.54, 1.807) is 0 Å². The van der Waals surface area contributed by atoms with Crippen molar-refractivity contribution in [1.29, 1.82) is 0 Å². The fraction of sp³-hybridized carbons (Fsp3) is 0.619. The molecule has 3 fully saturated rings. The number of para-hydroxylation sites is 1. The predicted octanol–water partition coefficient (Wildman–Crippen LogP) is 2.21. The number of amides is 2. The molecule has 1 saturated carbocycles. The third kappa shape index (κ3) is 3.87. The third-order valence-corrected chi connectivity index (χ3v) is 6.52. The molecule has 2 heterocycles. The first kappa shape index (κ1) is 18.4. The van der Waals surface area contributed by atoms with Gasteiger partial charge in [0.15, 0.2) is 0 Å². The highest BCUT2D eigenvalue weighted by Gasteiger charge is 2.43. The maximum absolute atomic E-state index is 13.0. The molecule has 2 saturated heterocycles. The summed E-state index contributed by atoms with van der Waals surface area (Å²) < 4.78 is 0. The number of benzene rings is 1. The lowest BCUT2D eigenvalue weighted by Crippen LogP contribution is -2.51. The number of rotatable bonds is 3. The van der Waals surface area contributed by atoms with Gasteiger partial charge in [-0.15, -0.1) is 0 Å². The summed E-state index contributed by atoms with van der Waals surface area (Å²) in [5.74, 6) is 0.665. The summed E-state index contributed by atoms with van der Waals surface area (Å²) in [5.41, 5.74) is 8.52. The zero-order chi connectivity index (χ0) is 18.8. The largest absolute Gasteiger partial charge is 0.341 e. The summed E-state index contributed by atoms with van der Waals surface area (Å²) in [4.78, 5) is 27.5. The SMILES string of the molecule is Cc1ccccc1NC(=O)C1CCN(C(=O)C2NNC3CCCCC32)CC1. The second-order valence-electron chi connectivity index (χ2n) is 8.22. The molecule has 0 aromatic heterocycles. The van der Waals surface area contributed by atoms with Crippen molar-refractivity contribution in [1.82, 2.24) is 15.8 Å². The van der Waals surface area contributed by atoms with Crippen LogP contribution in [-0.2, 0) is 9.59 Å². The lowest BCUT2D eigenvalue weighted by molar-refractivity contribution is -0.137. The standard InChI is InChI=1S/C21H30N4O2/c1-14-6-2-4-8-17(14)22-20(26)15-10-12-25(13-11-15)21(27)19-16-7-3-5-9-18(16)23-24-19/h2,4,6,8,15-16,18-19,23-24H,3,5,7,9-13H2,1H3,(H,22,26). The van der Waals surface area contributed by atoms with Crippen molar-refractivity contribution < 1.29 is 9.59 Å². The molecule has 4 rings (SSSR count). The Morgan fingerprint density at radius 3 is 2.56 bits per heavy atom. The molecular weight excluding hydrogens is 340 g/mol. The Labute approximate surface area is 161 Å². The van der Waals surface area contributed by atoms with E-state index in [4.69, 9.17) is 0 Å². The van der Waals surface area contributed by atoms with Crippen molar-refractivity contribution in [2.45, 2.75) is 57.5 Å². The average molecular weight is 370 g/mol. The number of likely N-dealkylation sites (tertiary alicyclic amines) is 1. The van der Waals surface area contributed by atoms with Crippen molar-refractivity contribution in [2.75, 3.05) is 18.4 Å². The number of fused-ring (bicyclic) bond motifs is 1. The van der Waals surface area contributed by atoms with Crippen LogP contribution in [0.3, 0.4) is 0 Å². The van der Waals surface area contributed by atoms with E-state index in [1.165, 1.54) is 12.8 Å². The molecule has 0 bridgehead atoms. The highest BCUT2D eigenvalue weighted by molar-refractivity contribution is 5.93. The maximum atomic E-state index is 13.0. The van der Waals surface area contributed by atoms with E-state index in [-0.39, 0.29) is 23.8 Å². The number of hydrogen-bond donors (Lipinski definition) is 3. The number of nitrogens with one attached hydrogen (secondary N) is 3. The van der Waals surface area contributed by atoms with Crippen LogP contribution in [-0.4, -0.2) is 41.9 Å². The zero-order valence-electron chi connectivity index (χ0n) is 16.0. The van der Waals surface area contributed by atoms with Gasteiger partial charge in [0, 0.05) is 36.7 Å². The average Bonchev–Trinajstić information content (AvgIpc) is 3.13. The van der Waals surface area contributed by atoms with E-state index in [1.807, 2.05) is 36.1 Å². The van der Waals surface area contributed by atoms with Crippen LogP contribution in [0.15, 0.2) is 24.3 Å². The van der Waals surface area contributed by atoms with Crippen molar-refractivity contribution in [3.8, 4) is 0 Å². The van der Waals surface area contributed by atoms with Crippen molar-refractivity contribution in [2.24, 2.45) is 11.8 Å². The maximum Gasteiger partial charge on any atom is 0.241 e. The van der Waals surface area contributed by atoms with Gasteiger partial charge in [-0.2, -0.15) is 0 Å². The molecule has 6 heteroatoms. The third-order valence-electron chi connectivity index (χ3n) is 6.52. The van der Waals surface area contributed by atoms with Gasteiger partial charge >= 0.3 is 0 Å². The van der Waals surface area contributed by atoms with E-state index < -0.39 is 0 Å². The van der Waals surface area contributed by atoms with Gasteiger partial charge in [0.2, 0.25) is 11.8 Å². The predicted molar refractivity (Wildman–Crippen MR) is 105 cm³/mol. The molecule has 146 valence electrons. The lowest BCUT2D eigenvalue weighted by Gasteiger charge is -2.35. The van der Waals surface area contributed by atoms with Gasteiger partial charge in [0.25, 0.3) is 0 Å². The van der Waals surface area contributed by atoms with E-state index in [2.05, 4.69) is 16.2 Å². The minimum atomic E-state index is -0.104. The van der Waals surface area contributed by atoms with Gasteiger partial charge < -0.3 is 10.2 Å². The Balaban J connectivity index is 1.30. The Kier molecular flexibility index (Phi) is 5.45. The topological polar surface area (TPSA) is 73.5 Å². The fourth-order valence-electron chi connectivity index (χ4n) is 4.79. The van der Waals surface area contributed by atoms with E-state index in [0.29, 0.717) is 25.0 Å². The number of aryl methyl sites for hydroxylation is 1. The van der Waals surface area contributed by atoms with Crippen LogP contribution in [0, 0.1) is 18.8 Å². The first-order valence-electron chi connectivity index (χ1n) is 10.3. The molecule has 2 amide bonds. The van der Waals surface area contributed by atoms with Crippen molar-refractivity contribution >= 4 is 17.5 Å². The molecule has 3 unspecified atom stereocenters. The second-order valence-corrected chi connectivity index (χ2v) is 8.22. The monoisotopic (exact) mass is 370 g/mol. The van der Waals surface area contributed by atoms with E-state index >= 15 is 0 Å². The fourth-order valence-corrected chi connectivity index (χ4v) is 4.79. The Hall–Kier alpha value is -1.92. The molecule has 0 radical (unpaired) electrons. The Morgan fingerprint density at radius 1 is 1.04 bits per heavy atom. The molecule has 6 nitrogen and oxygen atoms in total. The first-order valence-corrected chi connectivity index (χ1v) is 10.3. The second kappa shape index (κ2) is 7.98. The van der Waals surface area contributed by atoms with Gasteiger partial charge in [0.1, 0.15) is 6.04 Å². The minimum absolute atomic E-state index is 0.0225. The molecule has 2 aliphatic heterocycles. The van der Waals surface area contributed by atoms with Gasteiger partial charge in [-0.1, -0.05) is 31.0 Å². The first-order chi connectivity index (χ1) is 13.1. The summed E-state index contributed by atoms with van der Waals surface area (Å²) in [6.07, 6.45) is 6.21. The number of anilines is 1. The zero-order valence-corrected chi connectivity index (χ0v) is 16.0. The van der Waals surface area contributed by atoms with Crippen molar-refractivity contribution in [3.05, 3.63) is 29.8 Å². The van der Waals surface area contributed by atoms with Crippen LogP contribution >= 0.6 is 0 Å². The molecule has 0 spiro atoms. The smallest absolute Gasteiger partial charge is 0.241 e. The molecule has 27 heavy (non-hydrogen) atoms. The van der Waals surface area contributed by atoms with E-state index in [0.717, 1.165) is 36.9 Å². The summed E-state index contributed by atoms with van der Waals surface area (Å²) >= 11 is 0.